The van der Waals surface area contributed by atoms with Crippen LogP contribution in [0.25, 0.3) is 10.9 Å². The maximum absolute atomic E-state index is 12.6. The van der Waals surface area contributed by atoms with Gasteiger partial charge in [0.05, 0.1) is 5.52 Å². The third kappa shape index (κ3) is 1.61. The molecule has 0 aliphatic carbocycles. The second kappa shape index (κ2) is 4.12. The summed E-state index contributed by atoms with van der Waals surface area (Å²) < 4.78 is 2.09. The van der Waals surface area contributed by atoms with Gasteiger partial charge in [-0.25, -0.2) is 0 Å². The normalized spacial score (nSPS) is 15.8. The van der Waals surface area contributed by atoms with Gasteiger partial charge in [0.15, 0.2) is 0 Å². The molecule has 0 unspecified atom stereocenters. The lowest BCUT2D eigenvalue weighted by molar-refractivity contribution is 0.0791. The Kier molecular flexibility index (Phi) is 2.66. The molecule has 3 heteroatoms. The summed E-state index contributed by atoms with van der Waals surface area (Å²) in [6.07, 6.45) is 2.04. The smallest absolute Gasteiger partial charge is 0.270 e. The number of nitrogens with zero attached hydrogens (tertiary/aromatic N) is 2. The third-order valence-corrected chi connectivity index (χ3v) is 4.32. The minimum Gasteiger partial charge on any atom is -0.340 e. The van der Waals surface area contributed by atoms with Crippen LogP contribution in [0.5, 0.6) is 0 Å². The van der Waals surface area contributed by atoms with Crippen LogP contribution in [0.1, 0.15) is 33.6 Å². The van der Waals surface area contributed by atoms with Gasteiger partial charge in [-0.3, -0.25) is 4.79 Å². The highest BCUT2D eigenvalue weighted by Gasteiger charge is 2.27. The Bertz CT molecular complexity index is 682. The van der Waals surface area contributed by atoms with Gasteiger partial charge in [0.1, 0.15) is 5.69 Å². The third-order valence-electron chi connectivity index (χ3n) is 4.32. The fourth-order valence-electron chi connectivity index (χ4n) is 3.33. The van der Waals surface area contributed by atoms with Crippen molar-refractivity contribution in [2.24, 2.45) is 7.05 Å². The first-order valence-electron chi connectivity index (χ1n) is 6.85. The van der Waals surface area contributed by atoms with E-state index in [2.05, 4.69) is 30.5 Å². The van der Waals surface area contributed by atoms with E-state index in [-0.39, 0.29) is 5.91 Å². The van der Waals surface area contributed by atoms with Crippen LogP contribution >= 0.6 is 0 Å². The van der Waals surface area contributed by atoms with Crippen molar-refractivity contribution in [3.8, 4) is 0 Å². The molecule has 1 aromatic carbocycles. The molecule has 0 N–H and O–H groups in total. The molecule has 0 bridgehead atoms. The Balaban J connectivity index is 2.44. The fraction of sp³-hybridized carbons (Fsp3) is 0.438. The standard InChI is InChI=1S/C16H20N2O/c1-10-7-8-11(2)14-13(10)12-6-5-9-17(3)16(19)15(12)18(14)4/h7-8H,5-6,9H2,1-4H3. The molecule has 2 heterocycles. The van der Waals surface area contributed by atoms with Gasteiger partial charge < -0.3 is 9.47 Å². The topological polar surface area (TPSA) is 25.2 Å². The van der Waals surface area contributed by atoms with E-state index in [1.165, 1.54) is 27.6 Å². The second-order valence-electron chi connectivity index (χ2n) is 5.64. The predicted molar refractivity (Wildman–Crippen MR) is 77.7 cm³/mol. The number of aryl methyl sites for hydroxylation is 4. The second-order valence-corrected chi connectivity index (χ2v) is 5.64. The Morgan fingerprint density at radius 3 is 2.53 bits per heavy atom. The van der Waals surface area contributed by atoms with Gasteiger partial charge in [0, 0.05) is 26.0 Å². The molecule has 1 amide bonds. The van der Waals surface area contributed by atoms with Crippen molar-refractivity contribution in [2.75, 3.05) is 13.6 Å². The number of fused-ring (bicyclic) bond motifs is 3. The zero-order valence-electron chi connectivity index (χ0n) is 12.1. The number of aromatic nitrogens is 1. The molecule has 0 spiro atoms. The number of benzene rings is 1. The Hall–Kier alpha value is -1.77. The minimum atomic E-state index is 0.157. The van der Waals surface area contributed by atoms with Crippen molar-refractivity contribution >= 4 is 16.8 Å². The molecule has 0 fully saturated rings. The average molecular weight is 256 g/mol. The number of rotatable bonds is 0. The van der Waals surface area contributed by atoms with Gasteiger partial charge in [-0.05, 0) is 43.4 Å². The average Bonchev–Trinajstić information content (AvgIpc) is 2.59. The molecule has 0 saturated carbocycles. The molecule has 19 heavy (non-hydrogen) atoms. The molecule has 3 nitrogen and oxygen atoms in total. The highest BCUT2D eigenvalue weighted by atomic mass is 16.2. The van der Waals surface area contributed by atoms with Crippen molar-refractivity contribution in [3.63, 3.8) is 0 Å². The predicted octanol–water partition coefficient (Wildman–Crippen LogP) is 2.81. The monoisotopic (exact) mass is 256 g/mol. The summed E-state index contributed by atoms with van der Waals surface area (Å²) in [5, 5.41) is 1.29. The van der Waals surface area contributed by atoms with Crippen molar-refractivity contribution in [1.82, 2.24) is 9.47 Å². The van der Waals surface area contributed by atoms with Crippen molar-refractivity contribution in [1.29, 1.82) is 0 Å². The molecule has 1 aliphatic heterocycles. The number of hydrogen-bond acceptors (Lipinski definition) is 1. The molecule has 3 rings (SSSR count). The highest BCUT2D eigenvalue weighted by molar-refractivity contribution is 6.03. The van der Waals surface area contributed by atoms with E-state index >= 15 is 0 Å². The van der Waals surface area contributed by atoms with E-state index in [0.29, 0.717) is 0 Å². The van der Waals surface area contributed by atoms with E-state index < -0.39 is 0 Å². The maximum atomic E-state index is 12.6. The van der Waals surface area contributed by atoms with Crippen LogP contribution in [0.15, 0.2) is 12.1 Å². The van der Waals surface area contributed by atoms with Gasteiger partial charge in [-0.2, -0.15) is 0 Å². The first kappa shape index (κ1) is 12.3. The maximum Gasteiger partial charge on any atom is 0.270 e. The Labute approximate surface area is 113 Å². The quantitative estimate of drug-likeness (QED) is 0.711. The molecular weight excluding hydrogens is 236 g/mol. The molecular formula is C16H20N2O. The van der Waals surface area contributed by atoms with E-state index in [0.717, 1.165) is 25.1 Å². The minimum absolute atomic E-state index is 0.157. The summed E-state index contributed by atoms with van der Waals surface area (Å²) in [5.41, 5.74) is 5.86. The molecule has 1 aromatic heterocycles. The Morgan fingerprint density at radius 2 is 1.79 bits per heavy atom. The summed E-state index contributed by atoms with van der Waals surface area (Å²) in [7, 11) is 3.92. The van der Waals surface area contributed by atoms with Crippen LogP contribution < -0.4 is 0 Å². The summed E-state index contributed by atoms with van der Waals surface area (Å²) in [6.45, 7) is 5.11. The van der Waals surface area contributed by atoms with Gasteiger partial charge in [0.2, 0.25) is 0 Å². The van der Waals surface area contributed by atoms with Crippen LogP contribution in [0.2, 0.25) is 0 Å². The van der Waals surface area contributed by atoms with Gasteiger partial charge in [0.25, 0.3) is 5.91 Å². The van der Waals surface area contributed by atoms with Crippen LogP contribution in [0.3, 0.4) is 0 Å². The van der Waals surface area contributed by atoms with Gasteiger partial charge in [-0.15, -0.1) is 0 Å². The molecule has 0 radical (unpaired) electrons. The van der Waals surface area contributed by atoms with Crippen molar-refractivity contribution in [2.45, 2.75) is 26.7 Å². The summed E-state index contributed by atoms with van der Waals surface area (Å²) >= 11 is 0. The van der Waals surface area contributed by atoms with Gasteiger partial charge >= 0.3 is 0 Å². The molecule has 2 aromatic rings. The summed E-state index contributed by atoms with van der Waals surface area (Å²) in [4.78, 5) is 14.4. The zero-order valence-corrected chi connectivity index (χ0v) is 12.1. The van der Waals surface area contributed by atoms with Crippen LogP contribution in [-0.2, 0) is 13.5 Å². The largest absolute Gasteiger partial charge is 0.340 e. The molecule has 100 valence electrons. The molecule has 1 aliphatic rings. The van der Waals surface area contributed by atoms with Crippen LogP contribution in [0, 0.1) is 13.8 Å². The number of carbonyl (C=O) groups excluding carboxylic acids is 1. The summed E-state index contributed by atoms with van der Waals surface area (Å²) in [6, 6.07) is 4.31. The van der Waals surface area contributed by atoms with Crippen LogP contribution in [-0.4, -0.2) is 29.0 Å². The van der Waals surface area contributed by atoms with Crippen molar-refractivity contribution < 1.29 is 4.79 Å². The van der Waals surface area contributed by atoms with Gasteiger partial charge in [-0.1, -0.05) is 12.1 Å². The number of carbonyl (C=O) groups is 1. The van der Waals surface area contributed by atoms with E-state index in [4.69, 9.17) is 0 Å². The van der Waals surface area contributed by atoms with E-state index in [1.54, 1.807) is 0 Å². The number of hydrogen-bond donors (Lipinski definition) is 0. The fourth-order valence-corrected chi connectivity index (χ4v) is 3.33. The van der Waals surface area contributed by atoms with Crippen molar-refractivity contribution in [3.05, 3.63) is 34.5 Å². The zero-order chi connectivity index (χ0) is 13.7. The SMILES string of the molecule is Cc1ccc(C)c2c1c1c(n2C)C(=O)N(C)CCC1. The Morgan fingerprint density at radius 1 is 1.11 bits per heavy atom. The lowest BCUT2D eigenvalue weighted by atomic mass is 10.0. The highest BCUT2D eigenvalue weighted by Crippen LogP contribution is 2.33. The molecule has 0 saturated heterocycles. The van der Waals surface area contributed by atoms with E-state index in [9.17, 15) is 4.79 Å². The first-order chi connectivity index (χ1) is 9.02. The number of amides is 1. The summed E-state index contributed by atoms with van der Waals surface area (Å²) in [5.74, 6) is 0.157. The first-order valence-corrected chi connectivity index (χ1v) is 6.85. The lowest BCUT2D eigenvalue weighted by Gasteiger charge is -2.15. The molecule has 0 atom stereocenters. The lowest BCUT2D eigenvalue weighted by Crippen LogP contribution is -2.27. The van der Waals surface area contributed by atoms with E-state index in [1.807, 2.05) is 19.0 Å². The van der Waals surface area contributed by atoms with Crippen LogP contribution in [0.4, 0.5) is 0 Å².